The highest BCUT2D eigenvalue weighted by Crippen LogP contribution is 2.15. The first-order valence-electron chi connectivity index (χ1n) is 5.82. The largest absolute Gasteiger partial charge is 0.342 e. The Morgan fingerprint density at radius 3 is 2.78 bits per heavy atom. The quantitative estimate of drug-likeness (QED) is 0.905. The predicted molar refractivity (Wildman–Crippen MR) is 73.7 cm³/mol. The number of carbonyl (C=O) groups excluding carboxylic acids is 1. The zero-order valence-corrected chi connectivity index (χ0v) is 12.4. The van der Waals surface area contributed by atoms with E-state index >= 15 is 0 Å². The van der Waals surface area contributed by atoms with Gasteiger partial charge in [-0.1, -0.05) is 15.9 Å². The molecule has 0 aliphatic heterocycles. The summed E-state index contributed by atoms with van der Waals surface area (Å²) in [5, 5.41) is 2.95. The van der Waals surface area contributed by atoms with Crippen molar-refractivity contribution < 1.29 is 9.18 Å². The van der Waals surface area contributed by atoms with Crippen molar-refractivity contribution in [2.75, 3.05) is 13.6 Å². The fraction of sp³-hybridized carbons (Fsp3) is 0.462. The van der Waals surface area contributed by atoms with Gasteiger partial charge in [-0.05, 0) is 32.0 Å². The normalized spacial score (nSPS) is 10.8. The molecule has 0 spiro atoms. The van der Waals surface area contributed by atoms with Crippen LogP contribution in [0.4, 0.5) is 4.39 Å². The van der Waals surface area contributed by atoms with Gasteiger partial charge >= 0.3 is 0 Å². The fourth-order valence-electron chi connectivity index (χ4n) is 1.40. The molecular weight excluding hydrogens is 299 g/mol. The van der Waals surface area contributed by atoms with Crippen molar-refractivity contribution >= 4 is 21.8 Å². The molecule has 1 aromatic rings. The maximum atomic E-state index is 13.4. The molecule has 1 N–H and O–H groups in total. The zero-order valence-electron chi connectivity index (χ0n) is 10.8. The Morgan fingerprint density at radius 2 is 2.17 bits per heavy atom. The van der Waals surface area contributed by atoms with Gasteiger partial charge in [-0.25, -0.2) is 4.39 Å². The van der Waals surface area contributed by atoms with Crippen LogP contribution in [0.3, 0.4) is 0 Å². The number of rotatable bonds is 5. The molecule has 0 aliphatic rings. The minimum absolute atomic E-state index is 0.000375. The van der Waals surface area contributed by atoms with Gasteiger partial charge in [0.1, 0.15) is 5.82 Å². The Morgan fingerprint density at radius 1 is 1.50 bits per heavy atom. The van der Waals surface area contributed by atoms with Crippen molar-refractivity contribution in [1.29, 1.82) is 0 Å². The summed E-state index contributed by atoms with van der Waals surface area (Å²) in [6, 6.07) is 4.93. The number of nitrogens with zero attached hydrogens (tertiary/aromatic N) is 1. The lowest BCUT2D eigenvalue weighted by Crippen LogP contribution is -2.39. The Balaban J connectivity index is 2.47. The summed E-state index contributed by atoms with van der Waals surface area (Å²) in [6.45, 7) is 4.45. The minimum atomic E-state index is -0.268. The van der Waals surface area contributed by atoms with Crippen LogP contribution in [0.5, 0.6) is 0 Å². The summed E-state index contributed by atoms with van der Waals surface area (Å²) in [4.78, 5) is 13.3. The van der Waals surface area contributed by atoms with Crippen LogP contribution in [0.1, 0.15) is 19.4 Å². The van der Waals surface area contributed by atoms with Crippen LogP contribution >= 0.6 is 15.9 Å². The Hall–Kier alpha value is -0.940. The van der Waals surface area contributed by atoms with Gasteiger partial charge in [-0.15, -0.1) is 0 Å². The number of halogens is 2. The highest BCUT2D eigenvalue weighted by atomic mass is 79.9. The summed E-state index contributed by atoms with van der Waals surface area (Å²) < 4.78 is 14.2. The summed E-state index contributed by atoms with van der Waals surface area (Å²) in [5.41, 5.74) is 0.546. The van der Waals surface area contributed by atoms with Crippen molar-refractivity contribution in [3.63, 3.8) is 0 Å². The van der Waals surface area contributed by atoms with E-state index in [1.54, 1.807) is 24.1 Å². The molecule has 0 saturated carbocycles. The van der Waals surface area contributed by atoms with Crippen LogP contribution in [0.25, 0.3) is 0 Å². The molecule has 0 unspecified atom stereocenters. The lowest BCUT2D eigenvalue weighted by atomic mass is 10.2. The number of hydrogen-bond acceptors (Lipinski definition) is 2. The van der Waals surface area contributed by atoms with Crippen molar-refractivity contribution in [2.45, 2.75) is 26.4 Å². The molecular formula is C13H18BrFN2O. The SMILES string of the molecule is CC(C)N(C)C(=O)CNCc1cc(Br)ccc1F. The van der Waals surface area contributed by atoms with Crippen LogP contribution in [0, 0.1) is 5.82 Å². The molecule has 0 bridgehead atoms. The number of carbonyl (C=O) groups is 1. The van der Waals surface area contributed by atoms with E-state index in [0.29, 0.717) is 12.1 Å². The van der Waals surface area contributed by atoms with Gasteiger partial charge in [-0.3, -0.25) is 4.79 Å². The third-order valence-electron chi connectivity index (χ3n) is 2.77. The number of benzene rings is 1. The smallest absolute Gasteiger partial charge is 0.236 e. The van der Waals surface area contributed by atoms with Crippen LogP contribution < -0.4 is 5.32 Å². The monoisotopic (exact) mass is 316 g/mol. The van der Waals surface area contributed by atoms with E-state index in [4.69, 9.17) is 0 Å². The average Bonchev–Trinajstić information content (AvgIpc) is 2.32. The second kappa shape index (κ2) is 6.85. The van der Waals surface area contributed by atoms with Gasteiger partial charge < -0.3 is 10.2 Å². The third-order valence-corrected chi connectivity index (χ3v) is 3.26. The van der Waals surface area contributed by atoms with E-state index in [-0.39, 0.29) is 24.3 Å². The molecule has 18 heavy (non-hydrogen) atoms. The van der Waals surface area contributed by atoms with Crippen LogP contribution in [-0.4, -0.2) is 30.4 Å². The fourth-order valence-corrected chi connectivity index (χ4v) is 1.80. The first kappa shape index (κ1) is 15.1. The van der Waals surface area contributed by atoms with E-state index < -0.39 is 0 Å². The standard InChI is InChI=1S/C13H18BrFN2O/c1-9(2)17(3)13(18)8-16-7-10-6-11(14)4-5-12(10)15/h4-6,9,16H,7-8H2,1-3H3. The summed E-state index contributed by atoms with van der Waals surface area (Å²) >= 11 is 3.29. The summed E-state index contributed by atoms with van der Waals surface area (Å²) in [6.07, 6.45) is 0. The van der Waals surface area contributed by atoms with E-state index in [9.17, 15) is 9.18 Å². The van der Waals surface area contributed by atoms with Crippen LogP contribution in [0.2, 0.25) is 0 Å². The highest BCUT2D eigenvalue weighted by Gasteiger charge is 2.11. The minimum Gasteiger partial charge on any atom is -0.342 e. The number of amides is 1. The van der Waals surface area contributed by atoms with Crippen molar-refractivity contribution in [3.05, 3.63) is 34.1 Å². The van der Waals surface area contributed by atoms with Crippen LogP contribution in [-0.2, 0) is 11.3 Å². The molecule has 3 nitrogen and oxygen atoms in total. The van der Waals surface area contributed by atoms with Gasteiger partial charge in [0.05, 0.1) is 6.54 Å². The van der Waals surface area contributed by atoms with E-state index in [1.807, 2.05) is 13.8 Å². The van der Waals surface area contributed by atoms with Gasteiger partial charge in [-0.2, -0.15) is 0 Å². The van der Waals surface area contributed by atoms with Gasteiger partial charge in [0.25, 0.3) is 0 Å². The Bertz CT molecular complexity index is 423. The molecule has 0 heterocycles. The highest BCUT2D eigenvalue weighted by molar-refractivity contribution is 9.10. The molecule has 5 heteroatoms. The van der Waals surface area contributed by atoms with Gasteiger partial charge in [0, 0.05) is 29.7 Å². The topological polar surface area (TPSA) is 32.3 Å². The average molecular weight is 317 g/mol. The molecule has 1 aromatic carbocycles. The molecule has 0 aromatic heterocycles. The number of nitrogens with one attached hydrogen (secondary N) is 1. The molecule has 0 saturated heterocycles. The molecule has 0 radical (unpaired) electrons. The third kappa shape index (κ3) is 4.38. The number of likely N-dealkylation sites (N-methyl/N-ethyl adjacent to an activating group) is 1. The Labute approximate surface area is 115 Å². The molecule has 1 rings (SSSR count). The molecule has 0 atom stereocenters. The maximum Gasteiger partial charge on any atom is 0.236 e. The van der Waals surface area contributed by atoms with E-state index in [2.05, 4.69) is 21.2 Å². The molecule has 0 aliphatic carbocycles. The second-order valence-corrected chi connectivity index (χ2v) is 5.35. The van der Waals surface area contributed by atoms with Gasteiger partial charge in [0.2, 0.25) is 5.91 Å². The molecule has 0 fully saturated rings. The first-order valence-corrected chi connectivity index (χ1v) is 6.61. The lowest BCUT2D eigenvalue weighted by molar-refractivity contribution is -0.130. The maximum absolute atomic E-state index is 13.4. The molecule has 1 amide bonds. The van der Waals surface area contributed by atoms with Crippen LogP contribution in [0.15, 0.2) is 22.7 Å². The van der Waals surface area contributed by atoms with E-state index in [0.717, 1.165) is 4.47 Å². The van der Waals surface area contributed by atoms with Gasteiger partial charge in [0.15, 0.2) is 0 Å². The first-order chi connectivity index (χ1) is 8.41. The summed E-state index contributed by atoms with van der Waals surface area (Å²) in [7, 11) is 1.76. The lowest BCUT2D eigenvalue weighted by Gasteiger charge is -2.21. The van der Waals surface area contributed by atoms with Crippen molar-refractivity contribution in [2.24, 2.45) is 0 Å². The number of hydrogen-bond donors (Lipinski definition) is 1. The molecule has 100 valence electrons. The second-order valence-electron chi connectivity index (χ2n) is 4.44. The summed E-state index contributed by atoms with van der Waals surface area (Å²) in [5.74, 6) is -0.268. The Kier molecular flexibility index (Phi) is 5.75. The van der Waals surface area contributed by atoms with E-state index in [1.165, 1.54) is 6.07 Å². The predicted octanol–water partition coefficient (Wildman–Crippen LogP) is 2.54. The van der Waals surface area contributed by atoms with Crippen molar-refractivity contribution in [3.8, 4) is 0 Å². The zero-order chi connectivity index (χ0) is 13.7. The van der Waals surface area contributed by atoms with Crippen molar-refractivity contribution in [1.82, 2.24) is 10.2 Å².